The van der Waals surface area contributed by atoms with Crippen molar-refractivity contribution in [3.63, 3.8) is 0 Å². The van der Waals surface area contributed by atoms with Crippen molar-refractivity contribution < 1.29 is 18.1 Å². The first-order valence-corrected chi connectivity index (χ1v) is 6.06. The number of hydrogen-bond acceptors (Lipinski definition) is 5. The SMILES string of the molecule is CC(=O)/C=C/S(=O)(=O)c1ccccc1[N+](=O)[O-]. The predicted octanol–water partition coefficient (Wildman–Crippen LogP) is 1.47. The van der Waals surface area contributed by atoms with E-state index in [-0.39, 0.29) is 0 Å². The lowest BCUT2D eigenvalue weighted by Crippen LogP contribution is -2.02. The number of hydrogen-bond donors (Lipinski definition) is 0. The lowest BCUT2D eigenvalue weighted by Gasteiger charge is -1.99. The van der Waals surface area contributed by atoms with Crippen LogP contribution in [-0.2, 0) is 14.6 Å². The van der Waals surface area contributed by atoms with Gasteiger partial charge in [0.05, 0.1) is 4.92 Å². The van der Waals surface area contributed by atoms with Gasteiger partial charge in [0.25, 0.3) is 5.69 Å². The van der Waals surface area contributed by atoms with E-state index < -0.39 is 31.1 Å². The number of allylic oxidation sites excluding steroid dienone is 1. The van der Waals surface area contributed by atoms with Crippen molar-refractivity contribution in [3.8, 4) is 0 Å². The van der Waals surface area contributed by atoms with E-state index in [1.165, 1.54) is 19.1 Å². The molecule has 0 aromatic heterocycles. The number of sulfone groups is 1. The first-order valence-electron chi connectivity index (χ1n) is 4.52. The molecule has 0 aliphatic rings. The normalized spacial score (nSPS) is 11.6. The number of ketones is 1. The lowest BCUT2D eigenvalue weighted by molar-refractivity contribution is -0.387. The first-order chi connectivity index (χ1) is 7.84. The summed E-state index contributed by atoms with van der Waals surface area (Å²) in [6, 6.07) is 4.96. The molecule has 17 heavy (non-hydrogen) atoms. The summed E-state index contributed by atoms with van der Waals surface area (Å²) in [4.78, 5) is 20.1. The minimum atomic E-state index is -3.97. The molecule has 0 bridgehead atoms. The molecule has 0 fully saturated rings. The molecule has 0 aliphatic heterocycles. The van der Waals surface area contributed by atoms with E-state index in [0.717, 1.165) is 18.2 Å². The van der Waals surface area contributed by atoms with E-state index in [2.05, 4.69) is 0 Å². The molecule has 0 saturated heterocycles. The Morgan fingerprint density at radius 3 is 2.47 bits per heavy atom. The third kappa shape index (κ3) is 3.22. The highest BCUT2D eigenvalue weighted by Gasteiger charge is 2.22. The zero-order valence-electron chi connectivity index (χ0n) is 8.86. The molecule has 1 rings (SSSR count). The van der Waals surface area contributed by atoms with Crippen LogP contribution in [0.3, 0.4) is 0 Å². The molecule has 0 radical (unpaired) electrons. The largest absolute Gasteiger partial charge is 0.295 e. The van der Waals surface area contributed by atoms with Crippen LogP contribution in [0.2, 0.25) is 0 Å². The molecule has 0 N–H and O–H groups in total. The summed E-state index contributed by atoms with van der Waals surface area (Å²) < 4.78 is 23.4. The number of benzene rings is 1. The topological polar surface area (TPSA) is 94.3 Å². The Kier molecular flexibility index (Phi) is 3.74. The summed E-state index contributed by atoms with van der Waals surface area (Å²) in [5, 5.41) is 11.3. The van der Waals surface area contributed by atoms with E-state index in [9.17, 15) is 23.3 Å². The maximum absolute atomic E-state index is 11.7. The van der Waals surface area contributed by atoms with Gasteiger partial charge in [0.1, 0.15) is 4.90 Å². The average Bonchev–Trinajstić information content (AvgIpc) is 2.26. The van der Waals surface area contributed by atoms with E-state index in [1.54, 1.807) is 0 Å². The third-order valence-electron chi connectivity index (χ3n) is 1.85. The zero-order chi connectivity index (χ0) is 13.1. The molecule has 1 aromatic carbocycles. The number of carbonyl (C=O) groups is 1. The fourth-order valence-electron chi connectivity index (χ4n) is 1.11. The standard InChI is InChI=1S/C10H9NO5S/c1-8(12)6-7-17(15,16)10-5-3-2-4-9(10)11(13)14/h2-7H,1H3/b7-6+. The van der Waals surface area contributed by atoms with Gasteiger partial charge in [-0.2, -0.15) is 0 Å². The van der Waals surface area contributed by atoms with Crippen LogP contribution in [0.15, 0.2) is 40.6 Å². The second-order valence-corrected chi connectivity index (χ2v) is 4.99. The van der Waals surface area contributed by atoms with E-state index in [0.29, 0.717) is 5.41 Å². The molecular formula is C10H9NO5S. The van der Waals surface area contributed by atoms with E-state index in [4.69, 9.17) is 0 Å². The van der Waals surface area contributed by atoms with Gasteiger partial charge >= 0.3 is 0 Å². The van der Waals surface area contributed by atoms with E-state index in [1.807, 2.05) is 0 Å². The monoisotopic (exact) mass is 255 g/mol. The van der Waals surface area contributed by atoms with Crippen LogP contribution in [0.25, 0.3) is 0 Å². The van der Waals surface area contributed by atoms with Crippen molar-refractivity contribution in [2.24, 2.45) is 0 Å². The Bertz CT molecular complexity index is 588. The van der Waals surface area contributed by atoms with Crippen molar-refractivity contribution >= 4 is 21.3 Å². The molecule has 0 amide bonds. The molecule has 7 heteroatoms. The zero-order valence-corrected chi connectivity index (χ0v) is 9.68. The van der Waals surface area contributed by atoms with Crippen LogP contribution in [0, 0.1) is 10.1 Å². The summed E-state index contributed by atoms with van der Waals surface area (Å²) in [5.41, 5.74) is -0.513. The maximum Gasteiger partial charge on any atom is 0.288 e. The molecule has 0 unspecified atom stereocenters. The van der Waals surface area contributed by atoms with Crippen molar-refractivity contribution in [1.82, 2.24) is 0 Å². The highest BCUT2D eigenvalue weighted by molar-refractivity contribution is 7.94. The Labute approximate surface area is 97.6 Å². The van der Waals surface area contributed by atoms with Gasteiger partial charge in [-0.1, -0.05) is 12.1 Å². The van der Waals surface area contributed by atoms with Crippen molar-refractivity contribution in [2.75, 3.05) is 0 Å². The number of nitro groups is 1. The Hall–Kier alpha value is -2.02. The molecule has 6 nitrogen and oxygen atoms in total. The van der Waals surface area contributed by atoms with Crippen LogP contribution in [0.4, 0.5) is 5.69 Å². The number of rotatable bonds is 4. The molecular weight excluding hydrogens is 246 g/mol. The minimum Gasteiger partial charge on any atom is -0.295 e. The second kappa shape index (κ2) is 4.88. The Morgan fingerprint density at radius 1 is 1.35 bits per heavy atom. The Morgan fingerprint density at radius 2 is 1.94 bits per heavy atom. The molecule has 0 aliphatic carbocycles. The van der Waals surface area contributed by atoms with Crippen LogP contribution in [0.5, 0.6) is 0 Å². The summed E-state index contributed by atoms with van der Waals surface area (Å²) in [6.07, 6.45) is 0.853. The summed E-state index contributed by atoms with van der Waals surface area (Å²) in [5.74, 6) is -0.452. The van der Waals surface area contributed by atoms with Crippen molar-refractivity contribution in [2.45, 2.75) is 11.8 Å². The number of nitro benzene ring substituents is 1. The fourth-order valence-corrected chi connectivity index (χ4v) is 2.33. The van der Waals surface area contributed by atoms with Gasteiger partial charge in [-0.05, 0) is 19.1 Å². The van der Waals surface area contributed by atoms with Crippen LogP contribution in [-0.4, -0.2) is 19.1 Å². The third-order valence-corrected chi connectivity index (χ3v) is 3.30. The van der Waals surface area contributed by atoms with E-state index >= 15 is 0 Å². The molecule has 0 heterocycles. The molecule has 0 saturated carbocycles. The number of carbonyl (C=O) groups excluding carboxylic acids is 1. The fraction of sp³-hybridized carbons (Fsp3) is 0.100. The van der Waals surface area contributed by atoms with Crippen molar-refractivity contribution in [3.05, 3.63) is 45.9 Å². The van der Waals surface area contributed by atoms with Gasteiger partial charge in [0.15, 0.2) is 5.78 Å². The predicted molar refractivity (Wildman–Crippen MR) is 60.1 cm³/mol. The van der Waals surface area contributed by atoms with Gasteiger partial charge in [-0.25, -0.2) is 8.42 Å². The molecule has 1 aromatic rings. The molecule has 0 spiro atoms. The number of para-hydroxylation sites is 1. The van der Waals surface area contributed by atoms with Crippen LogP contribution >= 0.6 is 0 Å². The van der Waals surface area contributed by atoms with Crippen molar-refractivity contribution in [1.29, 1.82) is 0 Å². The summed E-state index contributed by atoms with van der Waals surface area (Å²) in [6.45, 7) is 1.19. The van der Waals surface area contributed by atoms with Gasteiger partial charge in [0.2, 0.25) is 9.84 Å². The smallest absolute Gasteiger partial charge is 0.288 e. The van der Waals surface area contributed by atoms with Crippen LogP contribution in [0.1, 0.15) is 6.92 Å². The Balaban J connectivity index is 3.34. The quantitative estimate of drug-likeness (QED) is 0.461. The lowest BCUT2D eigenvalue weighted by atomic mass is 10.3. The van der Waals surface area contributed by atoms with Gasteiger partial charge in [-0.15, -0.1) is 0 Å². The van der Waals surface area contributed by atoms with Crippen LogP contribution < -0.4 is 0 Å². The molecule has 0 atom stereocenters. The van der Waals surface area contributed by atoms with Gasteiger partial charge in [0, 0.05) is 11.5 Å². The summed E-state index contributed by atoms with van der Waals surface area (Å²) in [7, 11) is -3.97. The maximum atomic E-state index is 11.7. The summed E-state index contributed by atoms with van der Waals surface area (Å²) >= 11 is 0. The highest BCUT2D eigenvalue weighted by atomic mass is 32.2. The van der Waals surface area contributed by atoms with Gasteiger partial charge < -0.3 is 0 Å². The minimum absolute atomic E-state index is 0.428. The number of nitrogens with zero attached hydrogens (tertiary/aromatic N) is 1. The molecule has 90 valence electrons. The second-order valence-electron chi connectivity index (χ2n) is 3.18. The average molecular weight is 255 g/mol. The first kappa shape index (κ1) is 13.0. The van der Waals surface area contributed by atoms with Gasteiger partial charge in [-0.3, -0.25) is 14.9 Å². The highest BCUT2D eigenvalue weighted by Crippen LogP contribution is 2.24.